The fourth-order valence-corrected chi connectivity index (χ4v) is 0.389. The van der Waals surface area contributed by atoms with Crippen molar-refractivity contribution in [2.75, 3.05) is 13.6 Å². The summed E-state index contributed by atoms with van der Waals surface area (Å²) in [4.78, 5) is 10.9. The van der Waals surface area contributed by atoms with Gasteiger partial charge in [0.2, 0.25) is 0 Å². The molecule has 0 spiro atoms. The van der Waals surface area contributed by atoms with Gasteiger partial charge in [0.1, 0.15) is 0 Å². The summed E-state index contributed by atoms with van der Waals surface area (Å²) in [5.74, 6) is 0.174. The van der Waals surface area contributed by atoms with E-state index in [-0.39, 0.29) is 5.82 Å². The Morgan fingerprint density at radius 1 is 1.90 bits per heavy atom. The first-order valence-electron chi connectivity index (χ1n) is 2.89. The molecule has 0 atom stereocenters. The van der Waals surface area contributed by atoms with E-state index < -0.39 is 4.92 Å². The molecular formula is C5H11N3O2. The Kier molecular flexibility index (Phi) is 3.24. The normalized spacial score (nSPS) is 11.2. The molecule has 0 aromatic heterocycles. The van der Waals surface area contributed by atoms with Crippen molar-refractivity contribution >= 4 is 0 Å². The molecular weight excluding hydrogens is 134 g/mol. The molecule has 5 heteroatoms. The van der Waals surface area contributed by atoms with Gasteiger partial charge in [-0.25, -0.2) is 0 Å². The van der Waals surface area contributed by atoms with Crippen LogP contribution < -0.4 is 5.73 Å². The van der Waals surface area contributed by atoms with Gasteiger partial charge in [0, 0.05) is 13.6 Å². The first-order chi connectivity index (χ1) is 4.57. The Bertz CT molecular complexity index is 155. The fraction of sp³-hybridized carbons (Fsp3) is 0.600. The number of nitrogens with zero attached hydrogens (tertiary/aromatic N) is 2. The minimum absolute atomic E-state index is 0.174. The number of rotatable bonds is 3. The van der Waals surface area contributed by atoms with E-state index in [0.717, 1.165) is 6.20 Å². The molecule has 0 aromatic rings. The predicted molar refractivity (Wildman–Crippen MR) is 37.6 cm³/mol. The second-order valence-electron chi connectivity index (χ2n) is 1.85. The smallest absolute Gasteiger partial charge is 0.274 e. The van der Waals surface area contributed by atoms with Crippen LogP contribution in [0.3, 0.4) is 0 Å². The SMILES string of the molecule is CCN(C)/C(N)=C/[N+](=O)[O-]. The van der Waals surface area contributed by atoms with Gasteiger partial charge in [-0.3, -0.25) is 10.1 Å². The maximum atomic E-state index is 9.85. The van der Waals surface area contributed by atoms with Crippen LogP contribution in [-0.4, -0.2) is 23.4 Å². The zero-order valence-electron chi connectivity index (χ0n) is 6.07. The monoisotopic (exact) mass is 145 g/mol. The van der Waals surface area contributed by atoms with Crippen molar-refractivity contribution in [1.29, 1.82) is 0 Å². The van der Waals surface area contributed by atoms with Gasteiger partial charge in [0.15, 0.2) is 5.82 Å². The van der Waals surface area contributed by atoms with E-state index >= 15 is 0 Å². The van der Waals surface area contributed by atoms with E-state index in [1.165, 1.54) is 0 Å². The van der Waals surface area contributed by atoms with Crippen molar-refractivity contribution in [2.45, 2.75) is 6.92 Å². The van der Waals surface area contributed by atoms with Gasteiger partial charge < -0.3 is 10.6 Å². The summed E-state index contributed by atoms with van der Waals surface area (Å²) in [7, 11) is 1.69. The van der Waals surface area contributed by atoms with Gasteiger partial charge in [-0.2, -0.15) is 0 Å². The van der Waals surface area contributed by atoms with Crippen LogP contribution in [0, 0.1) is 10.1 Å². The lowest BCUT2D eigenvalue weighted by Crippen LogP contribution is -2.23. The van der Waals surface area contributed by atoms with Crippen LogP contribution in [0.4, 0.5) is 0 Å². The molecule has 0 rings (SSSR count). The molecule has 0 aliphatic heterocycles. The Morgan fingerprint density at radius 2 is 2.40 bits per heavy atom. The minimum atomic E-state index is -0.568. The van der Waals surface area contributed by atoms with Gasteiger partial charge in [-0.05, 0) is 6.92 Å². The summed E-state index contributed by atoms with van der Waals surface area (Å²) >= 11 is 0. The molecule has 0 amide bonds. The molecule has 2 N–H and O–H groups in total. The number of nitrogens with two attached hydrogens (primary N) is 1. The van der Waals surface area contributed by atoms with Gasteiger partial charge >= 0.3 is 0 Å². The van der Waals surface area contributed by atoms with Crippen LogP contribution in [0.25, 0.3) is 0 Å². The van der Waals surface area contributed by atoms with Crippen molar-refractivity contribution in [1.82, 2.24) is 4.90 Å². The summed E-state index contributed by atoms with van der Waals surface area (Å²) in [6, 6.07) is 0. The van der Waals surface area contributed by atoms with E-state index in [0.29, 0.717) is 6.54 Å². The average Bonchev–Trinajstić information content (AvgIpc) is 1.85. The third kappa shape index (κ3) is 2.91. The Hall–Kier alpha value is -1.26. The maximum Gasteiger partial charge on any atom is 0.274 e. The van der Waals surface area contributed by atoms with Gasteiger partial charge in [-0.1, -0.05) is 0 Å². The molecule has 0 fully saturated rings. The number of nitro groups is 1. The van der Waals surface area contributed by atoms with Gasteiger partial charge in [-0.15, -0.1) is 0 Å². The molecule has 0 bridgehead atoms. The zero-order valence-corrected chi connectivity index (χ0v) is 6.07. The molecule has 0 saturated heterocycles. The van der Waals surface area contributed by atoms with Crippen LogP contribution in [0.1, 0.15) is 6.92 Å². The first kappa shape index (κ1) is 8.74. The summed E-state index contributed by atoms with van der Waals surface area (Å²) in [6.45, 7) is 2.52. The zero-order chi connectivity index (χ0) is 8.15. The maximum absolute atomic E-state index is 9.85. The number of hydrogen-bond donors (Lipinski definition) is 1. The lowest BCUT2D eigenvalue weighted by atomic mass is 10.6. The quantitative estimate of drug-likeness (QED) is 0.447. The predicted octanol–water partition coefficient (Wildman–Crippen LogP) is -0.0276. The molecule has 0 heterocycles. The van der Waals surface area contributed by atoms with Gasteiger partial charge in [0.05, 0.1) is 4.92 Å². The highest BCUT2D eigenvalue weighted by atomic mass is 16.6. The van der Waals surface area contributed by atoms with Gasteiger partial charge in [0.25, 0.3) is 6.20 Å². The summed E-state index contributed by atoms with van der Waals surface area (Å²) in [5.41, 5.74) is 5.27. The Balaban J connectivity index is 4.04. The van der Waals surface area contributed by atoms with E-state index in [2.05, 4.69) is 0 Å². The third-order valence-corrected chi connectivity index (χ3v) is 1.15. The van der Waals surface area contributed by atoms with Crippen LogP contribution >= 0.6 is 0 Å². The molecule has 58 valence electrons. The molecule has 0 aliphatic rings. The van der Waals surface area contributed by atoms with Crippen LogP contribution in [0.2, 0.25) is 0 Å². The molecule has 0 radical (unpaired) electrons. The summed E-state index contributed by atoms with van der Waals surface area (Å²) in [5, 5.41) is 9.85. The molecule has 0 aliphatic carbocycles. The molecule has 5 nitrogen and oxygen atoms in total. The van der Waals surface area contributed by atoms with Crippen LogP contribution in [0.5, 0.6) is 0 Å². The van der Waals surface area contributed by atoms with Crippen molar-refractivity contribution in [3.63, 3.8) is 0 Å². The van der Waals surface area contributed by atoms with E-state index in [4.69, 9.17) is 5.73 Å². The molecule has 0 saturated carbocycles. The molecule has 10 heavy (non-hydrogen) atoms. The van der Waals surface area contributed by atoms with Crippen LogP contribution in [-0.2, 0) is 0 Å². The molecule has 0 aromatic carbocycles. The van der Waals surface area contributed by atoms with E-state index in [1.807, 2.05) is 6.92 Å². The first-order valence-corrected chi connectivity index (χ1v) is 2.89. The van der Waals surface area contributed by atoms with Crippen LogP contribution in [0.15, 0.2) is 12.0 Å². The highest BCUT2D eigenvalue weighted by molar-refractivity contribution is 4.87. The van der Waals surface area contributed by atoms with Crippen molar-refractivity contribution in [3.05, 3.63) is 22.1 Å². The Morgan fingerprint density at radius 3 is 2.70 bits per heavy atom. The second kappa shape index (κ2) is 3.71. The third-order valence-electron chi connectivity index (χ3n) is 1.15. The highest BCUT2D eigenvalue weighted by Gasteiger charge is 1.99. The average molecular weight is 145 g/mol. The highest BCUT2D eigenvalue weighted by Crippen LogP contribution is 1.90. The van der Waals surface area contributed by atoms with E-state index in [9.17, 15) is 10.1 Å². The largest absolute Gasteiger partial charge is 0.380 e. The fourth-order valence-electron chi connectivity index (χ4n) is 0.389. The summed E-state index contributed by atoms with van der Waals surface area (Å²) in [6.07, 6.45) is 0.781. The van der Waals surface area contributed by atoms with Crippen molar-refractivity contribution in [2.24, 2.45) is 5.73 Å². The number of hydrogen-bond acceptors (Lipinski definition) is 4. The van der Waals surface area contributed by atoms with Crippen molar-refractivity contribution < 1.29 is 4.92 Å². The lowest BCUT2D eigenvalue weighted by molar-refractivity contribution is -0.404. The lowest BCUT2D eigenvalue weighted by Gasteiger charge is -2.13. The Labute approximate surface area is 59.3 Å². The minimum Gasteiger partial charge on any atom is -0.380 e. The molecule has 0 unspecified atom stereocenters. The standard InChI is InChI=1S/C5H11N3O2/c1-3-7(2)5(6)4-8(9)10/h4H,3,6H2,1-2H3/b5-4+. The topological polar surface area (TPSA) is 72.4 Å². The summed E-state index contributed by atoms with van der Waals surface area (Å²) < 4.78 is 0. The second-order valence-corrected chi connectivity index (χ2v) is 1.85. The van der Waals surface area contributed by atoms with Crippen molar-refractivity contribution in [3.8, 4) is 0 Å². The van der Waals surface area contributed by atoms with E-state index in [1.54, 1.807) is 11.9 Å².